The number of carboxylic acids is 1. The molecule has 0 radical (unpaired) electrons. The monoisotopic (exact) mass is 161 g/mol. The normalized spacial score (nSPS) is 10.5. The fourth-order valence-electron chi connectivity index (χ4n) is 0.674. The molecule has 0 N–H and O–H groups in total. The van der Waals surface area contributed by atoms with E-state index in [9.17, 15) is 9.90 Å². The van der Waals surface area contributed by atoms with Gasteiger partial charge < -0.3 is 19.4 Å². The second-order valence-electron chi connectivity index (χ2n) is 1.92. The first-order valence-electron chi connectivity index (χ1n) is 3.63. The van der Waals surface area contributed by atoms with Crippen molar-refractivity contribution in [1.82, 2.24) is 0 Å². The van der Waals surface area contributed by atoms with E-state index in [2.05, 4.69) is 0 Å². The molecular weight excluding hydrogens is 148 g/mol. The molecule has 0 unspecified atom stereocenters. The van der Waals surface area contributed by atoms with Gasteiger partial charge in [0.25, 0.3) is 0 Å². The summed E-state index contributed by atoms with van der Waals surface area (Å²) in [6.07, 6.45) is -0.864. The van der Waals surface area contributed by atoms with Crippen LogP contribution in [0.15, 0.2) is 0 Å². The number of carboxylic acid groups (broad SMARTS) is 1. The Hall–Kier alpha value is -0.610. The molecule has 0 aromatic heterocycles. The maximum atomic E-state index is 10.1. The lowest BCUT2D eigenvalue weighted by atomic mass is 10.4. The molecule has 0 fully saturated rings. The average molecular weight is 161 g/mol. The van der Waals surface area contributed by atoms with Gasteiger partial charge in [0, 0.05) is 25.6 Å². The Bertz CT molecular complexity index is 107. The van der Waals surface area contributed by atoms with Crippen LogP contribution in [0.5, 0.6) is 0 Å². The quantitative estimate of drug-likeness (QED) is 0.494. The summed E-state index contributed by atoms with van der Waals surface area (Å²) in [5.74, 6) is -1.16. The van der Waals surface area contributed by atoms with Crippen molar-refractivity contribution in [3.63, 3.8) is 0 Å². The summed E-state index contributed by atoms with van der Waals surface area (Å²) >= 11 is 0. The molecule has 0 bridgehead atoms. The van der Waals surface area contributed by atoms with Gasteiger partial charge >= 0.3 is 0 Å². The van der Waals surface area contributed by atoms with Crippen LogP contribution < -0.4 is 5.11 Å². The molecule has 0 aliphatic rings. The molecule has 0 saturated carbocycles. The standard InChI is InChI=1S/C7H14O4/c1-3-10-7(11-4-2)5-6(8)9/h7H,3-5H2,1-2H3,(H,8,9)/p-1. The van der Waals surface area contributed by atoms with E-state index in [0.717, 1.165) is 0 Å². The summed E-state index contributed by atoms with van der Waals surface area (Å²) in [6, 6.07) is 0. The molecule has 4 nitrogen and oxygen atoms in total. The molecule has 4 heteroatoms. The van der Waals surface area contributed by atoms with Gasteiger partial charge in [-0.1, -0.05) is 0 Å². The van der Waals surface area contributed by atoms with Gasteiger partial charge in [0.05, 0.1) is 0 Å². The van der Waals surface area contributed by atoms with Crippen LogP contribution in [0.25, 0.3) is 0 Å². The fraction of sp³-hybridized carbons (Fsp3) is 0.857. The first-order valence-corrected chi connectivity index (χ1v) is 3.63. The number of hydrogen-bond acceptors (Lipinski definition) is 4. The Morgan fingerprint density at radius 1 is 1.36 bits per heavy atom. The van der Waals surface area contributed by atoms with E-state index in [4.69, 9.17) is 9.47 Å². The van der Waals surface area contributed by atoms with Gasteiger partial charge in [-0.25, -0.2) is 0 Å². The van der Waals surface area contributed by atoms with Crippen LogP contribution in [-0.2, 0) is 14.3 Å². The highest BCUT2D eigenvalue weighted by Crippen LogP contribution is 1.99. The molecule has 0 saturated heterocycles. The lowest BCUT2D eigenvalue weighted by Gasteiger charge is -2.16. The van der Waals surface area contributed by atoms with E-state index in [-0.39, 0.29) is 6.42 Å². The van der Waals surface area contributed by atoms with Crippen LogP contribution in [0.1, 0.15) is 20.3 Å². The number of rotatable bonds is 6. The van der Waals surface area contributed by atoms with E-state index in [1.54, 1.807) is 13.8 Å². The molecule has 0 aliphatic heterocycles. The first-order chi connectivity index (χ1) is 5.20. The summed E-state index contributed by atoms with van der Waals surface area (Å²) in [7, 11) is 0. The Balaban J connectivity index is 3.59. The third-order valence-corrected chi connectivity index (χ3v) is 1.04. The van der Waals surface area contributed by atoms with Crippen LogP contribution in [-0.4, -0.2) is 25.5 Å². The van der Waals surface area contributed by atoms with Crippen molar-refractivity contribution in [3.05, 3.63) is 0 Å². The Morgan fingerprint density at radius 3 is 2.09 bits per heavy atom. The van der Waals surface area contributed by atoms with Gasteiger partial charge in [0.1, 0.15) is 0 Å². The molecule has 0 aromatic carbocycles. The van der Waals surface area contributed by atoms with Crippen molar-refractivity contribution >= 4 is 5.97 Å². The third-order valence-electron chi connectivity index (χ3n) is 1.04. The largest absolute Gasteiger partial charge is 0.550 e. The summed E-state index contributed by atoms with van der Waals surface area (Å²) in [4.78, 5) is 10.1. The highest BCUT2D eigenvalue weighted by Gasteiger charge is 2.06. The van der Waals surface area contributed by atoms with Crippen LogP contribution in [0, 0.1) is 0 Å². The first kappa shape index (κ1) is 10.4. The van der Waals surface area contributed by atoms with E-state index in [0.29, 0.717) is 13.2 Å². The lowest BCUT2D eigenvalue weighted by molar-refractivity contribution is -0.311. The SMILES string of the molecule is CCOC(CC(=O)[O-])OCC. The zero-order valence-electron chi connectivity index (χ0n) is 6.83. The summed E-state index contributed by atoms with van der Waals surface area (Å²) in [5, 5.41) is 10.1. The van der Waals surface area contributed by atoms with Crippen molar-refractivity contribution in [2.45, 2.75) is 26.6 Å². The van der Waals surface area contributed by atoms with Gasteiger partial charge in [-0.3, -0.25) is 0 Å². The summed E-state index contributed by atoms with van der Waals surface area (Å²) in [6.45, 7) is 4.44. The van der Waals surface area contributed by atoms with Gasteiger partial charge in [-0.05, 0) is 13.8 Å². The highest BCUT2D eigenvalue weighted by atomic mass is 16.7. The Labute approximate surface area is 66.1 Å². The van der Waals surface area contributed by atoms with Crippen LogP contribution in [0.4, 0.5) is 0 Å². The minimum Gasteiger partial charge on any atom is -0.550 e. The second-order valence-corrected chi connectivity index (χ2v) is 1.92. The van der Waals surface area contributed by atoms with Crippen molar-refractivity contribution in [2.75, 3.05) is 13.2 Å². The molecule has 11 heavy (non-hydrogen) atoms. The molecule has 0 spiro atoms. The number of aliphatic carboxylic acids is 1. The van der Waals surface area contributed by atoms with Gasteiger partial charge in [-0.15, -0.1) is 0 Å². The average Bonchev–Trinajstić information content (AvgIpc) is 1.87. The van der Waals surface area contributed by atoms with Crippen molar-refractivity contribution in [1.29, 1.82) is 0 Å². The van der Waals surface area contributed by atoms with Gasteiger partial charge in [-0.2, -0.15) is 0 Å². The number of hydrogen-bond donors (Lipinski definition) is 0. The van der Waals surface area contributed by atoms with Crippen molar-refractivity contribution in [3.8, 4) is 0 Å². The van der Waals surface area contributed by atoms with Gasteiger partial charge in [0.2, 0.25) is 0 Å². The second kappa shape index (κ2) is 6.12. The lowest BCUT2D eigenvalue weighted by Crippen LogP contribution is -2.30. The highest BCUT2D eigenvalue weighted by molar-refractivity contribution is 5.64. The molecule has 0 amide bonds. The maximum absolute atomic E-state index is 10.1. The van der Waals surface area contributed by atoms with Gasteiger partial charge in [0.15, 0.2) is 6.29 Å². The predicted molar refractivity (Wildman–Crippen MR) is 36.7 cm³/mol. The van der Waals surface area contributed by atoms with Crippen LogP contribution >= 0.6 is 0 Å². The van der Waals surface area contributed by atoms with Crippen LogP contribution in [0.2, 0.25) is 0 Å². The Morgan fingerprint density at radius 2 is 1.82 bits per heavy atom. The van der Waals surface area contributed by atoms with E-state index >= 15 is 0 Å². The van der Waals surface area contributed by atoms with E-state index in [1.807, 2.05) is 0 Å². The maximum Gasteiger partial charge on any atom is 0.162 e. The zero-order chi connectivity index (χ0) is 8.69. The zero-order valence-corrected chi connectivity index (χ0v) is 6.83. The molecule has 0 rings (SSSR count). The van der Waals surface area contributed by atoms with Crippen molar-refractivity contribution in [2.24, 2.45) is 0 Å². The number of ether oxygens (including phenoxy) is 2. The van der Waals surface area contributed by atoms with E-state index in [1.165, 1.54) is 0 Å². The fourth-order valence-corrected chi connectivity index (χ4v) is 0.674. The molecule has 0 heterocycles. The number of carbonyl (C=O) groups excluding carboxylic acids is 1. The molecule has 66 valence electrons. The minimum atomic E-state index is -1.16. The molecule has 0 atom stereocenters. The minimum absolute atomic E-state index is 0.207. The topological polar surface area (TPSA) is 58.6 Å². The predicted octanol–water partition coefficient (Wildman–Crippen LogP) is -0.475. The summed E-state index contributed by atoms with van der Waals surface area (Å²) < 4.78 is 9.90. The van der Waals surface area contributed by atoms with Crippen molar-refractivity contribution < 1.29 is 19.4 Å². The number of carbonyl (C=O) groups is 1. The summed E-state index contributed by atoms with van der Waals surface area (Å²) in [5.41, 5.74) is 0. The third kappa shape index (κ3) is 5.82. The molecule has 0 aromatic rings. The van der Waals surface area contributed by atoms with Crippen LogP contribution in [0.3, 0.4) is 0 Å². The van der Waals surface area contributed by atoms with E-state index < -0.39 is 12.3 Å². The molecular formula is C7H13O4-. The molecule has 0 aliphatic carbocycles. The smallest absolute Gasteiger partial charge is 0.162 e. The Kier molecular flexibility index (Phi) is 5.78.